The van der Waals surface area contributed by atoms with Crippen LogP contribution >= 0.6 is 11.8 Å². The Bertz CT molecular complexity index is 1040. The minimum Gasteiger partial charge on any atom is -0.493 e. The van der Waals surface area contributed by atoms with Crippen LogP contribution in [0.15, 0.2) is 52.4 Å². The molecule has 3 N–H and O–H groups in total. The summed E-state index contributed by atoms with van der Waals surface area (Å²) in [4.78, 5) is 12.5. The van der Waals surface area contributed by atoms with Gasteiger partial charge in [0, 0.05) is 11.4 Å². The average molecular weight is 399 g/mol. The van der Waals surface area contributed by atoms with Gasteiger partial charge in [-0.25, -0.2) is 0 Å². The van der Waals surface area contributed by atoms with E-state index in [1.54, 1.807) is 14.2 Å². The zero-order valence-corrected chi connectivity index (χ0v) is 16.6. The maximum absolute atomic E-state index is 12.5. The molecule has 0 saturated heterocycles. The van der Waals surface area contributed by atoms with Crippen molar-refractivity contribution in [3.8, 4) is 11.5 Å². The molecule has 0 aliphatic rings. The summed E-state index contributed by atoms with van der Waals surface area (Å²) in [7, 11) is 3.17. The van der Waals surface area contributed by atoms with Crippen molar-refractivity contribution in [3.05, 3.63) is 63.9 Å². The molecule has 0 bridgehead atoms. The molecule has 0 radical (unpaired) electrons. The predicted octanol–water partition coefficient (Wildman–Crippen LogP) is 2.71. The van der Waals surface area contributed by atoms with E-state index in [-0.39, 0.29) is 5.82 Å². The van der Waals surface area contributed by atoms with E-state index in [9.17, 15) is 4.79 Å². The van der Waals surface area contributed by atoms with Crippen molar-refractivity contribution in [2.45, 2.75) is 17.8 Å². The van der Waals surface area contributed by atoms with Gasteiger partial charge in [-0.15, -0.1) is 10.2 Å². The number of hydrogen-bond donors (Lipinski definition) is 2. The number of methoxy groups -OCH3 is 2. The van der Waals surface area contributed by atoms with E-state index in [1.165, 1.54) is 11.8 Å². The summed E-state index contributed by atoms with van der Waals surface area (Å²) in [5, 5.41) is 11.4. The minimum absolute atomic E-state index is 0.0762. The van der Waals surface area contributed by atoms with E-state index in [2.05, 4.69) is 15.5 Å². The zero-order valence-electron chi connectivity index (χ0n) is 15.8. The Kier molecular flexibility index (Phi) is 6.05. The van der Waals surface area contributed by atoms with Gasteiger partial charge in [-0.3, -0.25) is 4.79 Å². The fraction of sp³-hybridized carbons (Fsp3) is 0.211. The first kappa shape index (κ1) is 19.6. The van der Waals surface area contributed by atoms with Crippen LogP contribution in [0.25, 0.3) is 0 Å². The Labute approximate surface area is 166 Å². The third kappa shape index (κ3) is 4.20. The molecular formula is C19H21N5O3S. The fourth-order valence-electron chi connectivity index (χ4n) is 2.52. The van der Waals surface area contributed by atoms with Gasteiger partial charge in [-0.05, 0) is 36.2 Å². The second kappa shape index (κ2) is 8.66. The minimum atomic E-state index is -0.451. The number of rotatable bonds is 7. The van der Waals surface area contributed by atoms with Gasteiger partial charge in [-0.2, -0.15) is 4.68 Å². The standard InChI is InChI=1S/C19H21N5O3S/c1-12-6-4-5-7-14(12)21-17-18(25)24(20)19(23-22-17)28-11-13-8-9-15(26-2)16(10-13)27-3/h4-10H,11,20H2,1-3H3,(H,21,22). The monoisotopic (exact) mass is 399 g/mol. The normalized spacial score (nSPS) is 10.5. The molecule has 0 aliphatic heterocycles. The summed E-state index contributed by atoms with van der Waals surface area (Å²) in [5.74, 6) is 7.84. The van der Waals surface area contributed by atoms with Crippen LogP contribution in [0, 0.1) is 6.92 Å². The molecule has 0 amide bonds. The Morgan fingerprint density at radius 1 is 1.11 bits per heavy atom. The largest absolute Gasteiger partial charge is 0.493 e. The van der Waals surface area contributed by atoms with Gasteiger partial charge in [0.05, 0.1) is 14.2 Å². The Morgan fingerprint density at radius 2 is 1.86 bits per heavy atom. The number of aromatic nitrogens is 3. The second-order valence-corrected chi connectivity index (χ2v) is 6.87. The van der Waals surface area contributed by atoms with Gasteiger partial charge < -0.3 is 20.6 Å². The van der Waals surface area contributed by atoms with Crippen molar-refractivity contribution in [2.24, 2.45) is 0 Å². The maximum atomic E-state index is 12.5. The SMILES string of the molecule is COc1ccc(CSc2nnc(Nc3ccccc3C)c(=O)n2N)cc1OC. The molecule has 0 atom stereocenters. The number of ether oxygens (including phenoxy) is 2. The van der Waals surface area contributed by atoms with Crippen LogP contribution in [-0.4, -0.2) is 29.1 Å². The highest BCUT2D eigenvalue weighted by Gasteiger charge is 2.12. The molecule has 0 saturated carbocycles. The molecule has 28 heavy (non-hydrogen) atoms. The topological polar surface area (TPSA) is 104 Å². The lowest BCUT2D eigenvalue weighted by atomic mass is 10.2. The van der Waals surface area contributed by atoms with Crippen molar-refractivity contribution in [1.82, 2.24) is 14.9 Å². The fourth-order valence-corrected chi connectivity index (χ4v) is 3.32. The van der Waals surface area contributed by atoms with Gasteiger partial charge in [-0.1, -0.05) is 36.0 Å². The number of nitrogens with two attached hydrogens (primary N) is 1. The molecule has 146 valence electrons. The van der Waals surface area contributed by atoms with Crippen LogP contribution in [0.3, 0.4) is 0 Å². The first-order valence-corrected chi connectivity index (χ1v) is 9.43. The van der Waals surface area contributed by atoms with Crippen LogP contribution < -0.4 is 26.2 Å². The Morgan fingerprint density at radius 3 is 2.57 bits per heavy atom. The summed E-state index contributed by atoms with van der Waals surface area (Å²) in [6.45, 7) is 1.93. The van der Waals surface area contributed by atoms with Gasteiger partial charge in [0.2, 0.25) is 11.0 Å². The van der Waals surface area contributed by atoms with Crippen LogP contribution in [0.5, 0.6) is 11.5 Å². The summed E-state index contributed by atoms with van der Waals surface area (Å²) >= 11 is 1.31. The maximum Gasteiger partial charge on any atom is 0.315 e. The molecule has 3 aromatic rings. The third-order valence-electron chi connectivity index (χ3n) is 4.08. The lowest BCUT2D eigenvalue weighted by molar-refractivity contribution is 0.354. The molecule has 0 fully saturated rings. The molecule has 0 unspecified atom stereocenters. The first-order chi connectivity index (χ1) is 13.5. The van der Waals surface area contributed by atoms with E-state index in [0.29, 0.717) is 22.4 Å². The number of aryl methyl sites for hydroxylation is 1. The first-order valence-electron chi connectivity index (χ1n) is 8.44. The highest BCUT2D eigenvalue weighted by molar-refractivity contribution is 7.98. The highest BCUT2D eigenvalue weighted by atomic mass is 32.2. The Hall–Kier alpha value is -3.20. The predicted molar refractivity (Wildman–Crippen MR) is 110 cm³/mol. The van der Waals surface area contributed by atoms with E-state index in [1.807, 2.05) is 49.4 Å². The number of para-hydroxylation sites is 1. The summed E-state index contributed by atoms with van der Waals surface area (Å²) in [6, 6.07) is 13.2. The van der Waals surface area contributed by atoms with Crippen molar-refractivity contribution in [2.75, 3.05) is 25.4 Å². The van der Waals surface area contributed by atoms with E-state index in [0.717, 1.165) is 21.5 Å². The number of benzene rings is 2. The smallest absolute Gasteiger partial charge is 0.315 e. The molecular weight excluding hydrogens is 378 g/mol. The summed E-state index contributed by atoms with van der Waals surface area (Å²) in [6.07, 6.45) is 0. The van der Waals surface area contributed by atoms with Crippen LogP contribution in [0.4, 0.5) is 11.5 Å². The quantitative estimate of drug-likeness (QED) is 0.462. The van der Waals surface area contributed by atoms with Crippen LogP contribution in [-0.2, 0) is 5.75 Å². The number of thioether (sulfide) groups is 1. The van der Waals surface area contributed by atoms with Crippen molar-refractivity contribution in [1.29, 1.82) is 0 Å². The van der Waals surface area contributed by atoms with Crippen molar-refractivity contribution < 1.29 is 9.47 Å². The second-order valence-electron chi connectivity index (χ2n) is 5.92. The number of nitrogen functional groups attached to an aromatic ring is 1. The number of nitrogens with one attached hydrogen (secondary N) is 1. The third-order valence-corrected chi connectivity index (χ3v) is 5.09. The Balaban J connectivity index is 1.76. The zero-order chi connectivity index (χ0) is 20.1. The van der Waals surface area contributed by atoms with E-state index >= 15 is 0 Å². The molecule has 9 heteroatoms. The van der Waals surface area contributed by atoms with E-state index in [4.69, 9.17) is 15.3 Å². The lowest BCUT2D eigenvalue weighted by Crippen LogP contribution is -2.32. The van der Waals surface area contributed by atoms with Crippen molar-refractivity contribution in [3.63, 3.8) is 0 Å². The highest BCUT2D eigenvalue weighted by Crippen LogP contribution is 2.30. The van der Waals surface area contributed by atoms with Crippen LogP contribution in [0.1, 0.15) is 11.1 Å². The van der Waals surface area contributed by atoms with E-state index < -0.39 is 5.56 Å². The summed E-state index contributed by atoms with van der Waals surface area (Å²) < 4.78 is 11.5. The number of nitrogens with zero attached hydrogens (tertiary/aromatic N) is 3. The lowest BCUT2D eigenvalue weighted by Gasteiger charge is -2.11. The average Bonchev–Trinajstić information content (AvgIpc) is 2.72. The van der Waals surface area contributed by atoms with Gasteiger partial charge >= 0.3 is 5.56 Å². The molecule has 8 nitrogen and oxygen atoms in total. The van der Waals surface area contributed by atoms with Gasteiger partial charge in [0.25, 0.3) is 0 Å². The molecule has 2 aromatic carbocycles. The molecule has 1 aromatic heterocycles. The molecule has 3 rings (SSSR count). The summed E-state index contributed by atoms with van der Waals surface area (Å²) in [5.41, 5.74) is 2.28. The number of anilines is 2. The molecule has 0 aliphatic carbocycles. The van der Waals surface area contributed by atoms with Gasteiger partial charge in [0.1, 0.15) is 0 Å². The molecule has 0 spiro atoms. The van der Waals surface area contributed by atoms with Crippen LogP contribution in [0.2, 0.25) is 0 Å². The van der Waals surface area contributed by atoms with Crippen molar-refractivity contribution >= 4 is 23.3 Å². The van der Waals surface area contributed by atoms with Gasteiger partial charge in [0.15, 0.2) is 11.5 Å². The molecule has 1 heterocycles. The number of hydrogen-bond acceptors (Lipinski definition) is 8.